The van der Waals surface area contributed by atoms with Gasteiger partial charge in [-0.1, -0.05) is 0 Å². The van der Waals surface area contributed by atoms with Gasteiger partial charge in [0.05, 0.1) is 0 Å². The van der Waals surface area contributed by atoms with Crippen molar-refractivity contribution in [3.63, 3.8) is 0 Å². The third kappa shape index (κ3) is 9.71. The van der Waals surface area contributed by atoms with Crippen molar-refractivity contribution in [1.82, 2.24) is 6.15 Å². The molecule has 0 heterocycles. The summed E-state index contributed by atoms with van der Waals surface area (Å²) in [5.41, 5.74) is 0. The van der Waals surface area contributed by atoms with Crippen LogP contribution >= 0.6 is 0 Å². The summed E-state index contributed by atoms with van der Waals surface area (Å²) < 4.78 is 21.4. The van der Waals surface area contributed by atoms with Crippen molar-refractivity contribution < 1.29 is 18.4 Å². The molecule has 0 rings (SSSR count). The summed E-state index contributed by atoms with van der Waals surface area (Å²) >= 11 is 0. The summed E-state index contributed by atoms with van der Waals surface area (Å²) in [6.07, 6.45) is 0. The van der Waals surface area contributed by atoms with Crippen LogP contribution in [0.5, 0.6) is 0 Å². The Hall–Kier alpha value is -0.493. The summed E-state index contributed by atoms with van der Waals surface area (Å²) in [6, 6.07) is 0. The maximum Gasteiger partial charge on any atom is 0.803 e. The molecule has 0 aliphatic carbocycles. The molecule has 0 unspecified atom stereocenters. The Morgan fingerprint density at radius 3 is 2.00 bits per heavy atom. The zero-order chi connectivity index (χ0) is 4.28. The van der Waals surface area contributed by atoms with Crippen LogP contribution in [0.4, 0.5) is 4.53 Å². The summed E-state index contributed by atoms with van der Waals surface area (Å²) in [6.45, 7) is 0. The van der Waals surface area contributed by atoms with Crippen LogP contribution in [0.3, 0.4) is 0 Å². The molecule has 0 atom stereocenters. The fourth-order valence-corrected chi connectivity index (χ4v) is 0. The van der Waals surface area contributed by atoms with Gasteiger partial charge >= 0.3 is 9.17 Å². The second-order valence-corrected chi connectivity index (χ2v) is 1.03. The molecule has 4 nitrogen and oxygen atoms in total. The molecule has 0 aromatic carbocycles. The van der Waals surface area contributed by atoms with E-state index in [2.05, 4.69) is 4.63 Å². The SMILES string of the molecule is N.O=[Si](O)OF. The number of hydrogen-bond acceptors (Lipinski definition) is 3. The molecule has 0 aliphatic rings. The zero-order valence-corrected chi connectivity index (χ0v) is 3.85. The molecule has 0 bridgehead atoms. The van der Waals surface area contributed by atoms with Crippen molar-refractivity contribution in [3.05, 3.63) is 0 Å². The van der Waals surface area contributed by atoms with Crippen LogP contribution in [0.25, 0.3) is 0 Å². The van der Waals surface area contributed by atoms with E-state index in [0.717, 1.165) is 0 Å². The molecule has 0 radical (unpaired) electrons. The van der Waals surface area contributed by atoms with Crippen molar-refractivity contribution in [1.29, 1.82) is 0 Å². The molecule has 0 aliphatic heterocycles. The van der Waals surface area contributed by atoms with E-state index in [1.807, 2.05) is 0 Å². The fourth-order valence-electron chi connectivity index (χ4n) is 0. The molecular weight excluding hydrogens is 109 g/mol. The molecule has 0 aromatic rings. The topological polar surface area (TPSA) is 81.5 Å². The Balaban J connectivity index is 0. The monoisotopic (exact) mass is 113 g/mol. The average Bonchev–Trinajstić information content (AvgIpc) is 1.38. The number of hydrogen-bond donors (Lipinski definition) is 2. The van der Waals surface area contributed by atoms with Crippen LogP contribution in [0.15, 0.2) is 0 Å². The molecule has 0 amide bonds. The third-order valence-corrected chi connectivity index (χ3v) is 0.198. The van der Waals surface area contributed by atoms with Crippen molar-refractivity contribution >= 4 is 9.17 Å². The lowest BCUT2D eigenvalue weighted by Crippen LogP contribution is -1.94. The van der Waals surface area contributed by atoms with Crippen molar-refractivity contribution in [2.24, 2.45) is 0 Å². The number of rotatable bonds is 1. The van der Waals surface area contributed by atoms with Crippen molar-refractivity contribution in [3.8, 4) is 0 Å². The summed E-state index contributed by atoms with van der Waals surface area (Å²) in [5.74, 6) is 0. The Morgan fingerprint density at radius 1 is 1.83 bits per heavy atom. The predicted molar refractivity (Wildman–Crippen MR) is 15.9 cm³/mol. The third-order valence-electron chi connectivity index (χ3n) is 0.0660. The molecule has 0 fully saturated rings. The highest BCUT2D eigenvalue weighted by atomic mass is 28.3. The Morgan fingerprint density at radius 2 is 2.00 bits per heavy atom. The van der Waals surface area contributed by atoms with Crippen LogP contribution in [0.2, 0.25) is 0 Å². The summed E-state index contributed by atoms with van der Waals surface area (Å²) in [4.78, 5) is 7.31. The maximum atomic E-state index is 10.1. The fraction of sp³-hybridized carbons (Fsp3) is 0. The Labute approximate surface area is 34.9 Å². The smallest absolute Gasteiger partial charge is 0.510 e. The van der Waals surface area contributed by atoms with E-state index in [4.69, 9.17) is 9.26 Å². The average molecular weight is 113 g/mol. The molecule has 0 saturated heterocycles. The highest BCUT2D eigenvalue weighted by molar-refractivity contribution is 6.23. The minimum absolute atomic E-state index is 0. The standard InChI is InChI=1S/FHO3Si.H3N/c1-4-5(2)3;/h2H;1H3. The van der Waals surface area contributed by atoms with E-state index in [1.54, 1.807) is 0 Å². The molecule has 38 valence electrons. The van der Waals surface area contributed by atoms with Crippen LogP contribution < -0.4 is 6.15 Å². The van der Waals surface area contributed by atoms with Crippen LogP contribution in [0, 0.1) is 0 Å². The minimum Gasteiger partial charge on any atom is -0.510 e. The predicted octanol–water partition coefficient (Wildman–Crippen LogP) is -0.543. The van der Waals surface area contributed by atoms with Gasteiger partial charge in [0, 0.05) is 4.53 Å². The van der Waals surface area contributed by atoms with Gasteiger partial charge in [-0.25, -0.2) is 0 Å². The normalized spacial score (nSPS) is 5.50. The van der Waals surface area contributed by atoms with E-state index in [-0.39, 0.29) is 6.15 Å². The lowest BCUT2D eigenvalue weighted by Gasteiger charge is -1.67. The van der Waals surface area contributed by atoms with Crippen LogP contribution in [0.1, 0.15) is 0 Å². The van der Waals surface area contributed by atoms with Gasteiger partial charge in [0.2, 0.25) is 0 Å². The lowest BCUT2D eigenvalue weighted by atomic mass is 14.0. The van der Waals surface area contributed by atoms with Gasteiger partial charge in [0.15, 0.2) is 0 Å². The van der Waals surface area contributed by atoms with Crippen LogP contribution in [-0.4, -0.2) is 14.0 Å². The summed E-state index contributed by atoms with van der Waals surface area (Å²) in [5, 5.41) is 0. The van der Waals surface area contributed by atoms with E-state index >= 15 is 0 Å². The second kappa shape index (κ2) is 4.51. The molecule has 6 heteroatoms. The Kier molecular flexibility index (Phi) is 6.83. The Bertz CT molecular complexity index is 46.1. The number of halogens is 1. The first-order valence-electron chi connectivity index (χ1n) is 0.786. The molecule has 4 N–H and O–H groups in total. The summed E-state index contributed by atoms with van der Waals surface area (Å²) in [7, 11) is -3.29. The minimum atomic E-state index is -3.29. The van der Waals surface area contributed by atoms with Gasteiger partial charge in [0.1, 0.15) is 0 Å². The van der Waals surface area contributed by atoms with Gasteiger partial charge in [0.25, 0.3) is 0 Å². The maximum absolute atomic E-state index is 10.1. The first-order valence-corrected chi connectivity index (χ1v) is 2.05. The van der Waals surface area contributed by atoms with Gasteiger partial charge in [-0.3, -0.25) is 9.09 Å². The van der Waals surface area contributed by atoms with Crippen molar-refractivity contribution in [2.45, 2.75) is 0 Å². The molecule has 0 aromatic heterocycles. The molecule has 0 saturated carbocycles. The van der Waals surface area contributed by atoms with Gasteiger partial charge < -0.3 is 10.9 Å². The van der Waals surface area contributed by atoms with E-state index in [1.165, 1.54) is 0 Å². The molecule has 0 spiro atoms. The van der Waals surface area contributed by atoms with Gasteiger partial charge in [-0.15, -0.1) is 0 Å². The van der Waals surface area contributed by atoms with E-state index < -0.39 is 9.17 Å². The van der Waals surface area contributed by atoms with Crippen LogP contribution in [-0.2, 0) is 9.09 Å². The van der Waals surface area contributed by atoms with Gasteiger partial charge in [-0.2, -0.15) is 0 Å². The highest BCUT2D eigenvalue weighted by Crippen LogP contribution is 1.62. The zero-order valence-electron chi connectivity index (χ0n) is 2.85. The van der Waals surface area contributed by atoms with E-state index in [9.17, 15) is 4.53 Å². The molecular formula is H4FNO3Si. The van der Waals surface area contributed by atoms with Gasteiger partial charge in [-0.05, 0) is 0 Å². The highest BCUT2D eigenvalue weighted by Gasteiger charge is 1.99. The van der Waals surface area contributed by atoms with Crippen molar-refractivity contribution in [2.75, 3.05) is 0 Å². The lowest BCUT2D eigenvalue weighted by molar-refractivity contribution is -0.0393. The largest absolute Gasteiger partial charge is 0.803 e. The second-order valence-electron chi connectivity index (χ2n) is 0.343. The molecule has 6 heavy (non-hydrogen) atoms. The first kappa shape index (κ1) is 9.10. The van der Waals surface area contributed by atoms with E-state index in [0.29, 0.717) is 0 Å². The first-order chi connectivity index (χ1) is 2.27. The quantitative estimate of drug-likeness (QED) is 0.447.